The number of aromatic nitrogens is 2. The fourth-order valence-corrected chi connectivity index (χ4v) is 2.29. The average molecular weight is 346 g/mol. The van der Waals surface area contributed by atoms with Crippen LogP contribution in [0.25, 0.3) is 22.7 Å². The molecule has 0 spiro atoms. The first-order chi connectivity index (χ1) is 12.8. The van der Waals surface area contributed by atoms with Crippen LogP contribution >= 0.6 is 0 Å². The second kappa shape index (κ2) is 8.34. The van der Waals surface area contributed by atoms with Gasteiger partial charge < -0.3 is 8.83 Å². The van der Waals surface area contributed by atoms with Gasteiger partial charge in [0.1, 0.15) is 5.69 Å². The van der Waals surface area contributed by atoms with Gasteiger partial charge in [-0.1, -0.05) is 0 Å². The van der Waals surface area contributed by atoms with Crippen molar-refractivity contribution >= 4 is 12.6 Å². The standard InChI is InChI=1S/2C10H7NO2/c12-7-8-3-1-5-11-10(8)9-4-2-6-13-9;12-6-8-2-1-4-11-10(8)9-3-5-13-7-9/h2*1-7H. The summed E-state index contributed by atoms with van der Waals surface area (Å²) in [4.78, 5) is 29.5. The predicted molar refractivity (Wildman–Crippen MR) is 94.7 cm³/mol. The van der Waals surface area contributed by atoms with Crippen LogP contribution in [-0.4, -0.2) is 22.5 Å². The van der Waals surface area contributed by atoms with Crippen LogP contribution in [0, 0.1) is 0 Å². The lowest BCUT2D eigenvalue weighted by Crippen LogP contribution is -1.88. The van der Waals surface area contributed by atoms with E-state index in [4.69, 9.17) is 8.83 Å². The lowest BCUT2D eigenvalue weighted by atomic mass is 10.1. The topological polar surface area (TPSA) is 86.2 Å². The second-order valence-electron chi connectivity index (χ2n) is 5.11. The summed E-state index contributed by atoms with van der Waals surface area (Å²) in [5.41, 5.74) is 3.18. The van der Waals surface area contributed by atoms with E-state index in [9.17, 15) is 9.59 Å². The fraction of sp³-hybridized carbons (Fsp3) is 0. The number of nitrogens with zero attached hydrogens (tertiary/aromatic N) is 2. The zero-order chi connectivity index (χ0) is 18.2. The first-order valence-electron chi connectivity index (χ1n) is 7.70. The van der Waals surface area contributed by atoms with E-state index in [1.165, 1.54) is 0 Å². The molecule has 0 N–H and O–H groups in total. The van der Waals surface area contributed by atoms with Crippen LogP contribution in [0.5, 0.6) is 0 Å². The molecule has 0 unspecified atom stereocenters. The SMILES string of the molecule is O=Cc1cccnc1-c1ccco1.O=Cc1cccnc1-c1ccoc1. The highest BCUT2D eigenvalue weighted by atomic mass is 16.3. The molecule has 0 aromatic carbocycles. The molecule has 0 bridgehead atoms. The molecule has 4 aromatic rings. The minimum absolute atomic E-state index is 0.539. The minimum Gasteiger partial charge on any atom is -0.472 e. The van der Waals surface area contributed by atoms with Gasteiger partial charge in [0.05, 0.1) is 24.5 Å². The maximum absolute atomic E-state index is 10.7. The van der Waals surface area contributed by atoms with Crippen molar-refractivity contribution in [2.45, 2.75) is 0 Å². The van der Waals surface area contributed by atoms with Crippen molar-refractivity contribution in [3.63, 3.8) is 0 Å². The van der Waals surface area contributed by atoms with Crippen LogP contribution < -0.4 is 0 Å². The zero-order valence-corrected chi connectivity index (χ0v) is 13.6. The van der Waals surface area contributed by atoms with Gasteiger partial charge in [-0.05, 0) is 42.5 Å². The van der Waals surface area contributed by atoms with Crippen LogP contribution in [0.15, 0.2) is 82.5 Å². The van der Waals surface area contributed by atoms with Crippen molar-refractivity contribution in [3.8, 4) is 22.7 Å². The van der Waals surface area contributed by atoms with E-state index in [2.05, 4.69) is 9.97 Å². The smallest absolute Gasteiger partial charge is 0.152 e. The molecule has 4 aromatic heterocycles. The van der Waals surface area contributed by atoms with Crippen LogP contribution in [-0.2, 0) is 0 Å². The van der Waals surface area contributed by atoms with E-state index < -0.39 is 0 Å². The predicted octanol–water partition coefficient (Wildman–Crippen LogP) is 4.31. The van der Waals surface area contributed by atoms with E-state index in [-0.39, 0.29) is 0 Å². The van der Waals surface area contributed by atoms with Gasteiger partial charge >= 0.3 is 0 Å². The minimum atomic E-state index is 0.539. The summed E-state index contributed by atoms with van der Waals surface area (Å²) in [6.45, 7) is 0. The van der Waals surface area contributed by atoms with Gasteiger partial charge in [0, 0.05) is 29.1 Å². The van der Waals surface area contributed by atoms with Crippen molar-refractivity contribution in [1.29, 1.82) is 0 Å². The maximum Gasteiger partial charge on any atom is 0.152 e. The first kappa shape index (κ1) is 17.0. The third-order valence-corrected chi connectivity index (χ3v) is 3.48. The number of pyridine rings is 2. The summed E-state index contributed by atoms with van der Waals surface area (Å²) in [5.74, 6) is 0.614. The molecular formula is C20H14N2O4. The summed E-state index contributed by atoms with van der Waals surface area (Å²) < 4.78 is 10.1. The molecule has 0 radical (unpaired) electrons. The molecule has 6 nitrogen and oxygen atoms in total. The summed E-state index contributed by atoms with van der Waals surface area (Å²) in [7, 11) is 0. The molecule has 26 heavy (non-hydrogen) atoms. The third-order valence-electron chi connectivity index (χ3n) is 3.48. The largest absolute Gasteiger partial charge is 0.472 e. The molecule has 128 valence electrons. The Hall–Kier alpha value is -3.80. The van der Waals surface area contributed by atoms with E-state index in [1.807, 2.05) is 0 Å². The quantitative estimate of drug-likeness (QED) is 0.512. The van der Waals surface area contributed by atoms with Gasteiger partial charge in [0.15, 0.2) is 18.3 Å². The number of carbonyl (C=O) groups excluding carboxylic acids is 2. The van der Waals surface area contributed by atoms with Crippen molar-refractivity contribution < 1.29 is 18.4 Å². The number of furan rings is 2. The van der Waals surface area contributed by atoms with Gasteiger partial charge in [-0.2, -0.15) is 0 Å². The Bertz CT molecular complexity index is 895. The Balaban J connectivity index is 0.000000151. The van der Waals surface area contributed by atoms with Crippen LogP contribution in [0.2, 0.25) is 0 Å². The van der Waals surface area contributed by atoms with Crippen molar-refractivity contribution in [3.05, 3.63) is 84.8 Å². The van der Waals surface area contributed by atoms with E-state index in [0.29, 0.717) is 28.3 Å². The fourth-order valence-electron chi connectivity index (χ4n) is 2.29. The Morgan fingerprint density at radius 3 is 2.04 bits per heavy atom. The number of rotatable bonds is 4. The van der Waals surface area contributed by atoms with Crippen molar-refractivity contribution in [2.24, 2.45) is 0 Å². The summed E-state index contributed by atoms with van der Waals surface area (Å²) in [6.07, 6.45) is 9.51. The molecule has 0 saturated heterocycles. The zero-order valence-electron chi connectivity index (χ0n) is 13.6. The van der Waals surface area contributed by atoms with Crippen molar-refractivity contribution in [1.82, 2.24) is 9.97 Å². The van der Waals surface area contributed by atoms with Gasteiger partial charge in [0.2, 0.25) is 0 Å². The highest BCUT2D eigenvalue weighted by molar-refractivity contribution is 5.85. The van der Waals surface area contributed by atoms with Crippen LogP contribution in [0.3, 0.4) is 0 Å². The van der Waals surface area contributed by atoms with E-state index in [1.54, 1.807) is 73.6 Å². The molecule has 0 atom stereocenters. The first-order valence-corrected chi connectivity index (χ1v) is 7.70. The summed E-state index contributed by atoms with van der Waals surface area (Å²) in [5, 5.41) is 0. The molecular weight excluding hydrogens is 332 g/mol. The maximum atomic E-state index is 10.7. The number of carbonyl (C=O) groups is 2. The molecule has 0 aliphatic carbocycles. The average Bonchev–Trinajstić information content (AvgIpc) is 3.42. The highest BCUT2D eigenvalue weighted by Gasteiger charge is 2.07. The molecule has 0 aliphatic heterocycles. The number of hydrogen-bond acceptors (Lipinski definition) is 6. The van der Waals surface area contributed by atoms with Crippen LogP contribution in [0.4, 0.5) is 0 Å². The Kier molecular flexibility index (Phi) is 5.47. The van der Waals surface area contributed by atoms with Gasteiger partial charge in [-0.15, -0.1) is 0 Å². The Morgan fingerprint density at radius 1 is 0.769 bits per heavy atom. The van der Waals surface area contributed by atoms with Crippen molar-refractivity contribution in [2.75, 3.05) is 0 Å². The molecule has 0 aliphatic rings. The van der Waals surface area contributed by atoms with Gasteiger partial charge in [-0.3, -0.25) is 19.6 Å². The van der Waals surface area contributed by atoms with E-state index in [0.717, 1.165) is 18.1 Å². The number of hydrogen-bond donors (Lipinski definition) is 0. The summed E-state index contributed by atoms with van der Waals surface area (Å²) >= 11 is 0. The monoisotopic (exact) mass is 346 g/mol. The number of aldehydes is 2. The third kappa shape index (κ3) is 3.81. The van der Waals surface area contributed by atoms with Gasteiger partial charge in [0.25, 0.3) is 0 Å². The Morgan fingerprint density at radius 2 is 1.46 bits per heavy atom. The molecule has 0 amide bonds. The Labute approximate surface area is 149 Å². The molecule has 0 fully saturated rings. The molecule has 4 heterocycles. The van der Waals surface area contributed by atoms with Crippen LogP contribution in [0.1, 0.15) is 20.7 Å². The lowest BCUT2D eigenvalue weighted by molar-refractivity contribution is 0.111. The molecule has 0 saturated carbocycles. The van der Waals surface area contributed by atoms with Gasteiger partial charge in [-0.25, -0.2) is 0 Å². The normalized spacial score (nSPS) is 9.85. The second-order valence-corrected chi connectivity index (χ2v) is 5.11. The highest BCUT2D eigenvalue weighted by Crippen LogP contribution is 2.20. The lowest BCUT2D eigenvalue weighted by Gasteiger charge is -1.97. The molecule has 4 rings (SSSR count). The molecule has 6 heteroatoms. The van der Waals surface area contributed by atoms with E-state index >= 15 is 0 Å². The summed E-state index contributed by atoms with van der Waals surface area (Å²) in [6, 6.07) is 12.2.